The Balaban J connectivity index is 0.00000192. The molecule has 1 saturated heterocycles. The molecule has 2 heterocycles. The van der Waals surface area contributed by atoms with Gasteiger partial charge in [0.05, 0.1) is 0 Å². The van der Waals surface area contributed by atoms with Crippen LogP contribution in [-0.2, 0) is 6.42 Å². The summed E-state index contributed by atoms with van der Waals surface area (Å²) in [4.78, 5) is 14.3. The Morgan fingerprint density at radius 1 is 1.26 bits per heavy atom. The third kappa shape index (κ3) is 3.95. The number of benzene rings is 1. The lowest BCUT2D eigenvalue weighted by atomic mass is 10.1. The Labute approximate surface area is 143 Å². The Morgan fingerprint density at radius 3 is 2.65 bits per heavy atom. The van der Waals surface area contributed by atoms with Gasteiger partial charge in [-0.3, -0.25) is 4.79 Å². The second-order valence-corrected chi connectivity index (χ2v) is 5.87. The molecular formula is C18H23ClN2O2. The van der Waals surface area contributed by atoms with Crippen LogP contribution in [0, 0.1) is 0 Å². The SMILES string of the molecule is CCc1ccc(-c2ccc(C(=O)N3CCCC(N)C3)o2)cc1.Cl. The van der Waals surface area contributed by atoms with Gasteiger partial charge in [0, 0.05) is 24.7 Å². The van der Waals surface area contributed by atoms with E-state index in [1.54, 1.807) is 11.0 Å². The molecule has 124 valence electrons. The molecule has 2 N–H and O–H groups in total. The highest BCUT2D eigenvalue weighted by atomic mass is 35.5. The summed E-state index contributed by atoms with van der Waals surface area (Å²) in [5, 5.41) is 0. The van der Waals surface area contributed by atoms with Crippen molar-refractivity contribution < 1.29 is 9.21 Å². The first kappa shape index (κ1) is 17.6. The number of halogens is 1. The fourth-order valence-electron chi connectivity index (χ4n) is 2.86. The van der Waals surface area contributed by atoms with Crippen molar-refractivity contribution in [2.24, 2.45) is 5.73 Å². The van der Waals surface area contributed by atoms with Gasteiger partial charge in [-0.1, -0.05) is 31.2 Å². The molecule has 0 aliphatic carbocycles. The second-order valence-electron chi connectivity index (χ2n) is 5.87. The summed E-state index contributed by atoms with van der Waals surface area (Å²) >= 11 is 0. The van der Waals surface area contributed by atoms with E-state index >= 15 is 0 Å². The highest BCUT2D eigenvalue weighted by Gasteiger charge is 2.24. The van der Waals surface area contributed by atoms with Gasteiger partial charge in [-0.15, -0.1) is 12.4 Å². The zero-order valence-corrected chi connectivity index (χ0v) is 14.1. The average Bonchev–Trinajstić information content (AvgIpc) is 3.04. The van der Waals surface area contributed by atoms with E-state index in [4.69, 9.17) is 10.2 Å². The lowest BCUT2D eigenvalue weighted by Crippen LogP contribution is -2.45. The van der Waals surface area contributed by atoms with Gasteiger partial charge in [-0.2, -0.15) is 0 Å². The first-order valence-corrected chi connectivity index (χ1v) is 7.91. The summed E-state index contributed by atoms with van der Waals surface area (Å²) in [7, 11) is 0. The first-order valence-electron chi connectivity index (χ1n) is 7.91. The lowest BCUT2D eigenvalue weighted by molar-refractivity contribution is 0.0677. The minimum atomic E-state index is -0.0634. The van der Waals surface area contributed by atoms with Crippen LogP contribution in [0.3, 0.4) is 0 Å². The number of likely N-dealkylation sites (tertiary alicyclic amines) is 1. The third-order valence-corrected chi connectivity index (χ3v) is 4.21. The van der Waals surface area contributed by atoms with Gasteiger partial charge in [0.25, 0.3) is 5.91 Å². The number of amides is 1. The van der Waals surface area contributed by atoms with Gasteiger partial charge in [0.2, 0.25) is 0 Å². The summed E-state index contributed by atoms with van der Waals surface area (Å²) in [5.74, 6) is 1.06. The summed E-state index contributed by atoms with van der Waals surface area (Å²) in [6.07, 6.45) is 2.95. The maximum Gasteiger partial charge on any atom is 0.289 e. The van der Waals surface area contributed by atoms with Gasteiger partial charge < -0.3 is 15.1 Å². The molecule has 1 unspecified atom stereocenters. The number of piperidine rings is 1. The molecule has 1 atom stereocenters. The molecule has 3 rings (SSSR count). The van der Waals surface area contributed by atoms with Crippen molar-refractivity contribution in [1.29, 1.82) is 0 Å². The van der Waals surface area contributed by atoms with Crippen LogP contribution in [0.4, 0.5) is 0 Å². The smallest absolute Gasteiger partial charge is 0.289 e. The molecule has 0 radical (unpaired) electrons. The number of carbonyl (C=O) groups excluding carboxylic acids is 1. The van der Waals surface area contributed by atoms with Crippen molar-refractivity contribution in [3.63, 3.8) is 0 Å². The number of hydrogen-bond acceptors (Lipinski definition) is 3. The molecular weight excluding hydrogens is 312 g/mol. The van der Waals surface area contributed by atoms with Gasteiger partial charge in [0.15, 0.2) is 5.76 Å². The standard InChI is InChI=1S/C18H22N2O2.ClH/c1-2-13-5-7-14(8-6-13)16-9-10-17(22-16)18(21)20-11-3-4-15(19)12-20;/h5-10,15H,2-4,11-12,19H2,1H3;1H. The van der Waals surface area contributed by atoms with Crippen LogP contribution < -0.4 is 5.73 Å². The molecule has 23 heavy (non-hydrogen) atoms. The molecule has 0 saturated carbocycles. The van der Waals surface area contributed by atoms with Gasteiger partial charge >= 0.3 is 0 Å². The zero-order valence-electron chi connectivity index (χ0n) is 13.3. The van der Waals surface area contributed by atoms with E-state index in [1.165, 1.54) is 5.56 Å². The second kappa shape index (κ2) is 7.66. The predicted octanol–water partition coefficient (Wildman–Crippen LogP) is 3.49. The van der Waals surface area contributed by atoms with E-state index in [9.17, 15) is 4.79 Å². The Kier molecular flexibility index (Phi) is 5.85. The number of furan rings is 1. The van der Waals surface area contributed by atoms with E-state index < -0.39 is 0 Å². The van der Waals surface area contributed by atoms with Crippen molar-refractivity contribution in [3.8, 4) is 11.3 Å². The van der Waals surface area contributed by atoms with E-state index in [-0.39, 0.29) is 24.4 Å². The topological polar surface area (TPSA) is 59.5 Å². The largest absolute Gasteiger partial charge is 0.451 e. The van der Waals surface area contributed by atoms with E-state index in [2.05, 4.69) is 19.1 Å². The number of nitrogens with two attached hydrogens (primary N) is 1. The zero-order chi connectivity index (χ0) is 15.5. The number of nitrogens with zero attached hydrogens (tertiary/aromatic N) is 1. The van der Waals surface area contributed by atoms with Crippen molar-refractivity contribution in [2.75, 3.05) is 13.1 Å². The van der Waals surface area contributed by atoms with Crippen LogP contribution in [0.5, 0.6) is 0 Å². The fourth-order valence-corrected chi connectivity index (χ4v) is 2.86. The maximum absolute atomic E-state index is 12.5. The summed E-state index contributed by atoms with van der Waals surface area (Å²) in [6.45, 7) is 3.50. The Hall–Kier alpha value is -1.78. The molecule has 1 aromatic heterocycles. The van der Waals surface area contributed by atoms with Gasteiger partial charge in [0.1, 0.15) is 5.76 Å². The van der Waals surface area contributed by atoms with Crippen LogP contribution in [0.25, 0.3) is 11.3 Å². The number of aryl methyl sites for hydroxylation is 1. The van der Waals surface area contributed by atoms with Crippen LogP contribution >= 0.6 is 12.4 Å². The van der Waals surface area contributed by atoms with Crippen molar-refractivity contribution >= 4 is 18.3 Å². The summed E-state index contributed by atoms with van der Waals surface area (Å²) in [6, 6.07) is 11.9. The molecule has 0 spiro atoms. The van der Waals surface area contributed by atoms with Gasteiger partial charge in [-0.25, -0.2) is 0 Å². The van der Waals surface area contributed by atoms with E-state index in [0.29, 0.717) is 12.3 Å². The van der Waals surface area contributed by atoms with Crippen LogP contribution in [0.2, 0.25) is 0 Å². The summed E-state index contributed by atoms with van der Waals surface area (Å²) < 4.78 is 5.76. The van der Waals surface area contributed by atoms with Crippen LogP contribution in [0.15, 0.2) is 40.8 Å². The molecule has 1 aliphatic rings. The maximum atomic E-state index is 12.5. The normalized spacial score (nSPS) is 17.7. The predicted molar refractivity (Wildman–Crippen MR) is 93.9 cm³/mol. The first-order chi connectivity index (χ1) is 10.7. The monoisotopic (exact) mass is 334 g/mol. The van der Waals surface area contributed by atoms with Crippen molar-refractivity contribution in [2.45, 2.75) is 32.2 Å². The molecule has 1 fully saturated rings. The fraction of sp³-hybridized carbons (Fsp3) is 0.389. The number of rotatable bonds is 3. The number of carbonyl (C=O) groups is 1. The van der Waals surface area contributed by atoms with E-state index in [0.717, 1.165) is 37.1 Å². The van der Waals surface area contributed by atoms with Crippen LogP contribution in [0.1, 0.15) is 35.9 Å². The van der Waals surface area contributed by atoms with Gasteiger partial charge in [-0.05, 0) is 37.0 Å². The third-order valence-electron chi connectivity index (χ3n) is 4.21. The van der Waals surface area contributed by atoms with Crippen molar-refractivity contribution in [1.82, 2.24) is 4.90 Å². The minimum absolute atomic E-state index is 0. The Bertz CT molecular complexity index is 651. The molecule has 1 aromatic carbocycles. The van der Waals surface area contributed by atoms with E-state index in [1.807, 2.05) is 18.2 Å². The lowest BCUT2D eigenvalue weighted by Gasteiger charge is -2.30. The molecule has 5 heteroatoms. The Morgan fingerprint density at radius 2 is 2.00 bits per heavy atom. The molecule has 4 nitrogen and oxygen atoms in total. The van der Waals surface area contributed by atoms with Crippen molar-refractivity contribution in [3.05, 3.63) is 47.7 Å². The molecule has 1 amide bonds. The molecule has 1 aliphatic heterocycles. The average molecular weight is 335 g/mol. The molecule has 2 aromatic rings. The quantitative estimate of drug-likeness (QED) is 0.934. The summed E-state index contributed by atoms with van der Waals surface area (Å²) in [5.41, 5.74) is 8.22. The molecule has 0 bridgehead atoms. The number of hydrogen-bond donors (Lipinski definition) is 1. The minimum Gasteiger partial charge on any atom is -0.451 e. The highest BCUT2D eigenvalue weighted by molar-refractivity contribution is 5.92. The highest BCUT2D eigenvalue weighted by Crippen LogP contribution is 2.24. The van der Waals surface area contributed by atoms with Crippen LogP contribution in [-0.4, -0.2) is 29.9 Å².